The molecule has 5 nitrogen and oxygen atoms in total. The molecule has 2 N–H and O–H groups in total. The molecule has 29 heavy (non-hydrogen) atoms. The van der Waals surface area contributed by atoms with Crippen LogP contribution < -0.4 is 4.74 Å². The topological polar surface area (TPSA) is 83.8 Å². The first-order valence-electron chi connectivity index (χ1n) is 10.5. The summed E-state index contributed by atoms with van der Waals surface area (Å²) in [7, 11) is -4.55. The molecule has 0 bridgehead atoms. The van der Waals surface area contributed by atoms with E-state index in [2.05, 4.69) is 6.92 Å². The van der Waals surface area contributed by atoms with E-state index in [1.165, 1.54) is 44.2 Å². The number of unbranched alkanes of at least 4 members (excludes halogenated alkanes) is 8. The van der Waals surface area contributed by atoms with Crippen LogP contribution in [0, 0.1) is 0 Å². The summed E-state index contributed by atoms with van der Waals surface area (Å²) >= 11 is 0. The molecule has 0 aliphatic carbocycles. The molecular weight excluding hydrogens is 388 g/mol. The Morgan fingerprint density at radius 1 is 0.828 bits per heavy atom. The van der Waals surface area contributed by atoms with Crippen molar-refractivity contribution in [1.29, 1.82) is 0 Å². The van der Waals surface area contributed by atoms with Crippen LogP contribution in [0.5, 0.6) is 17.2 Å². The summed E-state index contributed by atoms with van der Waals surface area (Å²) < 4.78 is 39.5. The molecule has 2 rings (SSSR count). The van der Waals surface area contributed by atoms with Crippen molar-refractivity contribution in [2.24, 2.45) is 0 Å². The standard InChI is InChI=1S/C23H32O5S/c1-2-3-4-5-6-7-8-9-13-16-20-21(24)17-18-22(23(20)29(25,26)27)28-19-14-11-10-12-15-19/h10-12,14-15,17-18,24H,2-9,13,16H2,1H3,(H,25,26,27). The smallest absolute Gasteiger partial charge is 0.298 e. The van der Waals surface area contributed by atoms with Crippen molar-refractivity contribution in [3.63, 3.8) is 0 Å². The van der Waals surface area contributed by atoms with Crippen LogP contribution in [0.4, 0.5) is 0 Å². The number of rotatable bonds is 13. The highest BCUT2D eigenvalue weighted by Gasteiger charge is 2.24. The van der Waals surface area contributed by atoms with E-state index in [9.17, 15) is 18.1 Å². The van der Waals surface area contributed by atoms with Crippen LogP contribution in [0.3, 0.4) is 0 Å². The average Bonchev–Trinajstić information content (AvgIpc) is 2.68. The molecule has 0 aliphatic heterocycles. The van der Waals surface area contributed by atoms with Crippen molar-refractivity contribution in [1.82, 2.24) is 0 Å². The van der Waals surface area contributed by atoms with Crippen molar-refractivity contribution in [2.45, 2.75) is 76.0 Å². The number of aromatic hydroxyl groups is 1. The van der Waals surface area contributed by atoms with Gasteiger partial charge in [-0.3, -0.25) is 4.55 Å². The quantitative estimate of drug-likeness (QED) is 0.285. The van der Waals surface area contributed by atoms with Crippen LogP contribution in [0.2, 0.25) is 0 Å². The van der Waals surface area contributed by atoms with E-state index in [1.54, 1.807) is 24.3 Å². The third-order valence-corrected chi connectivity index (χ3v) is 5.92. The van der Waals surface area contributed by atoms with E-state index in [-0.39, 0.29) is 22.0 Å². The number of ether oxygens (including phenoxy) is 1. The Bertz CT molecular complexity index is 847. The first kappa shape index (κ1) is 23.2. The van der Waals surface area contributed by atoms with Crippen molar-refractivity contribution in [2.75, 3.05) is 0 Å². The van der Waals surface area contributed by atoms with Crippen LogP contribution in [0.1, 0.15) is 70.3 Å². The van der Waals surface area contributed by atoms with E-state index in [4.69, 9.17) is 4.74 Å². The Balaban J connectivity index is 2.02. The van der Waals surface area contributed by atoms with E-state index in [0.29, 0.717) is 12.2 Å². The van der Waals surface area contributed by atoms with E-state index < -0.39 is 10.1 Å². The minimum absolute atomic E-state index is 0.0161. The maximum atomic E-state index is 12.0. The third-order valence-electron chi connectivity index (χ3n) is 4.96. The van der Waals surface area contributed by atoms with Gasteiger partial charge in [0.25, 0.3) is 10.1 Å². The molecule has 0 aromatic heterocycles. The second-order valence-electron chi connectivity index (χ2n) is 7.36. The number of benzene rings is 2. The molecule has 0 aliphatic rings. The minimum Gasteiger partial charge on any atom is -0.508 e. The van der Waals surface area contributed by atoms with Gasteiger partial charge in [0.2, 0.25) is 0 Å². The number of phenols is 1. The summed E-state index contributed by atoms with van der Waals surface area (Å²) in [4.78, 5) is -0.346. The lowest BCUT2D eigenvalue weighted by molar-refractivity contribution is 0.430. The molecular formula is C23H32O5S. The van der Waals surface area contributed by atoms with Gasteiger partial charge in [-0.1, -0.05) is 76.5 Å². The predicted octanol–water partition coefficient (Wildman–Crippen LogP) is 6.50. The monoisotopic (exact) mass is 420 g/mol. The SMILES string of the molecule is CCCCCCCCCCCc1c(O)ccc(Oc2ccccc2)c1S(=O)(=O)O. The summed E-state index contributed by atoms with van der Waals surface area (Å²) in [6.07, 6.45) is 10.6. The Morgan fingerprint density at radius 3 is 2.00 bits per heavy atom. The maximum Gasteiger partial charge on any atom is 0.298 e. The highest BCUT2D eigenvalue weighted by Crippen LogP contribution is 2.37. The van der Waals surface area contributed by atoms with Crippen molar-refractivity contribution in [3.05, 3.63) is 48.0 Å². The van der Waals surface area contributed by atoms with Crippen LogP contribution in [-0.2, 0) is 16.5 Å². The zero-order valence-electron chi connectivity index (χ0n) is 17.1. The Labute approximate surface area is 174 Å². The largest absolute Gasteiger partial charge is 0.508 e. The second-order valence-corrected chi connectivity index (χ2v) is 8.72. The van der Waals surface area contributed by atoms with Gasteiger partial charge in [-0.15, -0.1) is 0 Å². The molecule has 0 saturated heterocycles. The van der Waals surface area contributed by atoms with Gasteiger partial charge in [-0.2, -0.15) is 8.42 Å². The molecule has 2 aromatic carbocycles. The number of phenolic OH excluding ortho intramolecular Hbond substituents is 1. The Kier molecular flexibility index (Phi) is 9.48. The number of hydrogen-bond donors (Lipinski definition) is 2. The molecule has 0 atom stereocenters. The van der Waals surface area contributed by atoms with Crippen LogP contribution in [-0.4, -0.2) is 18.1 Å². The predicted molar refractivity (Wildman–Crippen MR) is 115 cm³/mol. The van der Waals surface area contributed by atoms with Crippen molar-refractivity contribution < 1.29 is 22.8 Å². The van der Waals surface area contributed by atoms with Gasteiger partial charge in [-0.05, 0) is 37.1 Å². The van der Waals surface area contributed by atoms with E-state index in [1.807, 2.05) is 6.07 Å². The fourth-order valence-electron chi connectivity index (χ4n) is 3.43. The summed E-state index contributed by atoms with van der Waals surface area (Å²) in [5, 5.41) is 10.2. The summed E-state index contributed by atoms with van der Waals surface area (Å²) in [6, 6.07) is 11.5. The van der Waals surface area contributed by atoms with Crippen LogP contribution >= 0.6 is 0 Å². The number of para-hydroxylation sites is 1. The summed E-state index contributed by atoms with van der Waals surface area (Å²) in [5.41, 5.74) is 0.212. The molecule has 0 fully saturated rings. The zero-order chi connectivity index (χ0) is 21.1. The van der Waals surface area contributed by atoms with Crippen LogP contribution in [0.15, 0.2) is 47.4 Å². The second kappa shape index (κ2) is 11.8. The molecule has 0 unspecified atom stereocenters. The van der Waals surface area contributed by atoms with E-state index in [0.717, 1.165) is 25.7 Å². The summed E-state index contributed by atoms with van der Waals surface area (Å²) in [6.45, 7) is 2.20. The summed E-state index contributed by atoms with van der Waals surface area (Å²) in [5.74, 6) is 0.331. The Morgan fingerprint density at radius 2 is 1.41 bits per heavy atom. The molecule has 0 spiro atoms. The van der Waals surface area contributed by atoms with Gasteiger partial charge < -0.3 is 9.84 Å². The fourth-order valence-corrected chi connectivity index (χ4v) is 4.31. The molecule has 0 radical (unpaired) electrons. The minimum atomic E-state index is -4.55. The van der Waals surface area contributed by atoms with Crippen LogP contribution in [0.25, 0.3) is 0 Å². The van der Waals surface area contributed by atoms with Crippen molar-refractivity contribution >= 4 is 10.1 Å². The molecule has 0 heterocycles. The maximum absolute atomic E-state index is 12.0. The molecule has 160 valence electrons. The molecule has 0 saturated carbocycles. The van der Waals surface area contributed by atoms with Gasteiger partial charge in [-0.25, -0.2) is 0 Å². The van der Waals surface area contributed by atoms with Gasteiger partial charge in [0, 0.05) is 5.56 Å². The Hall–Kier alpha value is -2.05. The first-order valence-corrected chi connectivity index (χ1v) is 11.9. The van der Waals surface area contributed by atoms with E-state index >= 15 is 0 Å². The normalized spacial score (nSPS) is 11.5. The van der Waals surface area contributed by atoms with Gasteiger partial charge in [0.1, 0.15) is 22.1 Å². The lowest BCUT2D eigenvalue weighted by Crippen LogP contribution is -2.06. The van der Waals surface area contributed by atoms with Gasteiger partial charge in [0.05, 0.1) is 0 Å². The average molecular weight is 421 g/mol. The molecule has 2 aromatic rings. The van der Waals surface area contributed by atoms with Crippen molar-refractivity contribution in [3.8, 4) is 17.2 Å². The van der Waals surface area contributed by atoms with Gasteiger partial charge >= 0.3 is 0 Å². The first-order chi connectivity index (χ1) is 13.9. The lowest BCUT2D eigenvalue weighted by Gasteiger charge is -2.15. The van der Waals surface area contributed by atoms with Gasteiger partial charge in [0.15, 0.2) is 0 Å². The zero-order valence-corrected chi connectivity index (χ0v) is 18.0. The molecule has 0 amide bonds. The third kappa shape index (κ3) is 7.71. The number of hydrogen-bond acceptors (Lipinski definition) is 4. The lowest BCUT2D eigenvalue weighted by atomic mass is 10.0. The highest BCUT2D eigenvalue weighted by molar-refractivity contribution is 7.86. The fraction of sp³-hybridized carbons (Fsp3) is 0.478. The highest BCUT2D eigenvalue weighted by atomic mass is 32.2. The molecule has 6 heteroatoms.